The highest BCUT2D eigenvalue weighted by Crippen LogP contribution is 2.32. The third-order valence-corrected chi connectivity index (χ3v) is 4.51. The zero-order valence-electron chi connectivity index (χ0n) is 12.5. The van der Waals surface area contributed by atoms with Crippen LogP contribution in [-0.2, 0) is 4.79 Å². The molecular weight excluding hydrogens is 293 g/mol. The van der Waals surface area contributed by atoms with Crippen molar-refractivity contribution in [2.45, 2.75) is 38.2 Å². The van der Waals surface area contributed by atoms with Gasteiger partial charge in [0.05, 0.1) is 12.6 Å². The maximum Gasteiger partial charge on any atom is 0.260 e. The van der Waals surface area contributed by atoms with Gasteiger partial charge in [0.2, 0.25) is 5.91 Å². The number of piperidine rings is 1. The first-order valence-electron chi connectivity index (χ1n) is 7.57. The van der Waals surface area contributed by atoms with Gasteiger partial charge in [0, 0.05) is 18.7 Å². The summed E-state index contributed by atoms with van der Waals surface area (Å²) in [5.41, 5.74) is 1.02. The second-order valence-electron chi connectivity index (χ2n) is 6.16. The van der Waals surface area contributed by atoms with Gasteiger partial charge < -0.3 is 4.90 Å². The molecule has 0 aliphatic carbocycles. The zero-order valence-corrected chi connectivity index (χ0v) is 12.5. The lowest BCUT2D eigenvalue weighted by Crippen LogP contribution is -2.50. The van der Waals surface area contributed by atoms with Crippen LogP contribution < -0.4 is 4.90 Å². The molecule has 120 valence electrons. The fraction of sp³-hybridized carbons (Fsp3) is 0.562. The van der Waals surface area contributed by atoms with Crippen molar-refractivity contribution < 1.29 is 18.0 Å². The molecular formula is C16H19F3N2O. The van der Waals surface area contributed by atoms with Gasteiger partial charge in [-0.05, 0) is 44.0 Å². The standard InChI is InChI=1S/C16H19F3N2O/c1-11-3-4-12(9-13(11)17)21-8-5-14(15(21)22)20-7-2-6-16(18,19)10-20/h3-4,9,14H,2,5-8,10H2,1H3. The van der Waals surface area contributed by atoms with Crippen LogP contribution in [0.5, 0.6) is 0 Å². The first-order chi connectivity index (χ1) is 10.4. The van der Waals surface area contributed by atoms with E-state index < -0.39 is 12.0 Å². The molecule has 22 heavy (non-hydrogen) atoms. The molecule has 3 nitrogen and oxygen atoms in total. The highest BCUT2D eigenvalue weighted by atomic mass is 19.3. The van der Waals surface area contributed by atoms with E-state index in [0.717, 1.165) is 0 Å². The molecule has 0 spiro atoms. The Labute approximate surface area is 127 Å². The predicted octanol–water partition coefficient (Wildman–Crippen LogP) is 2.97. The van der Waals surface area contributed by atoms with E-state index in [-0.39, 0.29) is 24.7 Å². The monoisotopic (exact) mass is 312 g/mol. The summed E-state index contributed by atoms with van der Waals surface area (Å²) in [7, 11) is 0. The van der Waals surface area contributed by atoms with Gasteiger partial charge in [0.1, 0.15) is 5.82 Å². The first-order valence-corrected chi connectivity index (χ1v) is 7.57. The number of halogens is 3. The Hall–Kier alpha value is -1.56. The molecule has 6 heteroatoms. The number of hydrogen-bond donors (Lipinski definition) is 0. The number of nitrogens with zero attached hydrogens (tertiary/aromatic N) is 2. The van der Waals surface area contributed by atoms with Crippen LogP contribution in [0, 0.1) is 12.7 Å². The number of carbonyl (C=O) groups excluding carboxylic acids is 1. The van der Waals surface area contributed by atoms with Gasteiger partial charge in [-0.3, -0.25) is 9.69 Å². The minimum absolute atomic E-state index is 0.114. The summed E-state index contributed by atoms with van der Waals surface area (Å²) in [4.78, 5) is 15.6. The van der Waals surface area contributed by atoms with Crippen molar-refractivity contribution in [2.24, 2.45) is 0 Å². The van der Waals surface area contributed by atoms with Gasteiger partial charge in [0.15, 0.2) is 0 Å². The van der Waals surface area contributed by atoms with Gasteiger partial charge in [0.25, 0.3) is 5.92 Å². The number of rotatable bonds is 2. The van der Waals surface area contributed by atoms with Crippen molar-refractivity contribution in [3.8, 4) is 0 Å². The summed E-state index contributed by atoms with van der Waals surface area (Å²) in [6.45, 7) is 2.25. The highest BCUT2D eigenvalue weighted by molar-refractivity contribution is 5.99. The number of likely N-dealkylation sites (tertiary alicyclic amines) is 1. The SMILES string of the molecule is Cc1ccc(N2CCC(N3CCCC(F)(F)C3)C2=O)cc1F. The minimum atomic E-state index is -2.72. The summed E-state index contributed by atoms with van der Waals surface area (Å²) in [5, 5.41) is 0. The lowest BCUT2D eigenvalue weighted by molar-refractivity contribution is -0.126. The fourth-order valence-electron chi connectivity index (χ4n) is 3.27. The second-order valence-corrected chi connectivity index (χ2v) is 6.16. The average Bonchev–Trinajstić information content (AvgIpc) is 2.83. The summed E-state index contributed by atoms with van der Waals surface area (Å²) in [5.74, 6) is -3.29. The Morgan fingerprint density at radius 1 is 1.27 bits per heavy atom. The fourth-order valence-corrected chi connectivity index (χ4v) is 3.27. The van der Waals surface area contributed by atoms with Crippen LogP contribution in [-0.4, -0.2) is 42.4 Å². The quantitative estimate of drug-likeness (QED) is 0.838. The van der Waals surface area contributed by atoms with Crippen LogP contribution in [0.4, 0.5) is 18.9 Å². The summed E-state index contributed by atoms with van der Waals surface area (Å²) in [6, 6.07) is 4.14. The van der Waals surface area contributed by atoms with Crippen LogP contribution in [0.1, 0.15) is 24.8 Å². The molecule has 0 bridgehead atoms. The van der Waals surface area contributed by atoms with E-state index in [4.69, 9.17) is 0 Å². The molecule has 0 saturated carbocycles. The third kappa shape index (κ3) is 2.84. The van der Waals surface area contributed by atoms with Crippen LogP contribution >= 0.6 is 0 Å². The average molecular weight is 312 g/mol. The van der Waals surface area contributed by atoms with Crippen LogP contribution in [0.2, 0.25) is 0 Å². The van der Waals surface area contributed by atoms with E-state index in [9.17, 15) is 18.0 Å². The normalized spacial score (nSPS) is 25.7. The number of hydrogen-bond acceptors (Lipinski definition) is 2. The molecule has 1 amide bonds. The van der Waals surface area contributed by atoms with Gasteiger partial charge in [-0.25, -0.2) is 13.2 Å². The molecule has 2 fully saturated rings. The topological polar surface area (TPSA) is 23.6 Å². The predicted molar refractivity (Wildman–Crippen MR) is 77.6 cm³/mol. The van der Waals surface area contributed by atoms with Crippen LogP contribution in [0.25, 0.3) is 0 Å². The van der Waals surface area contributed by atoms with E-state index in [0.29, 0.717) is 37.2 Å². The van der Waals surface area contributed by atoms with E-state index in [1.54, 1.807) is 24.0 Å². The third-order valence-electron chi connectivity index (χ3n) is 4.51. The van der Waals surface area contributed by atoms with Crippen molar-refractivity contribution in [1.29, 1.82) is 0 Å². The highest BCUT2D eigenvalue weighted by Gasteiger charge is 2.43. The number of benzene rings is 1. The molecule has 1 aromatic carbocycles. The van der Waals surface area contributed by atoms with E-state index in [2.05, 4.69) is 0 Å². The molecule has 0 N–H and O–H groups in total. The van der Waals surface area contributed by atoms with Gasteiger partial charge >= 0.3 is 0 Å². The van der Waals surface area contributed by atoms with Crippen molar-refractivity contribution in [1.82, 2.24) is 4.90 Å². The van der Waals surface area contributed by atoms with Crippen LogP contribution in [0.3, 0.4) is 0 Å². The number of carbonyl (C=O) groups is 1. The van der Waals surface area contributed by atoms with Gasteiger partial charge in [-0.2, -0.15) is 0 Å². The lowest BCUT2D eigenvalue weighted by atomic mass is 10.0. The number of anilines is 1. The Kier molecular flexibility index (Phi) is 3.89. The summed E-state index contributed by atoms with van der Waals surface area (Å²) >= 11 is 0. The molecule has 0 aromatic heterocycles. The molecule has 1 unspecified atom stereocenters. The summed E-state index contributed by atoms with van der Waals surface area (Å²) < 4.78 is 40.7. The van der Waals surface area contributed by atoms with Crippen molar-refractivity contribution in [3.05, 3.63) is 29.6 Å². The number of amides is 1. The minimum Gasteiger partial charge on any atom is -0.311 e. The van der Waals surface area contributed by atoms with Crippen molar-refractivity contribution >= 4 is 11.6 Å². The Morgan fingerprint density at radius 3 is 2.73 bits per heavy atom. The van der Waals surface area contributed by atoms with E-state index in [1.807, 2.05) is 0 Å². The number of aryl methyl sites for hydroxylation is 1. The maximum atomic E-state index is 13.7. The first kappa shape index (κ1) is 15.3. The van der Waals surface area contributed by atoms with Crippen molar-refractivity contribution in [2.75, 3.05) is 24.5 Å². The maximum absolute atomic E-state index is 13.7. The van der Waals surface area contributed by atoms with E-state index >= 15 is 0 Å². The molecule has 3 rings (SSSR count). The largest absolute Gasteiger partial charge is 0.311 e. The molecule has 2 heterocycles. The molecule has 0 radical (unpaired) electrons. The lowest BCUT2D eigenvalue weighted by Gasteiger charge is -2.35. The van der Waals surface area contributed by atoms with Crippen LogP contribution in [0.15, 0.2) is 18.2 Å². The molecule has 2 saturated heterocycles. The molecule has 2 aliphatic rings. The van der Waals surface area contributed by atoms with Gasteiger partial charge in [-0.15, -0.1) is 0 Å². The Balaban J connectivity index is 1.76. The van der Waals surface area contributed by atoms with Gasteiger partial charge in [-0.1, -0.05) is 6.07 Å². The Morgan fingerprint density at radius 2 is 2.05 bits per heavy atom. The molecule has 1 atom stereocenters. The summed E-state index contributed by atoms with van der Waals surface area (Å²) in [6.07, 6.45) is 0.789. The van der Waals surface area contributed by atoms with E-state index in [1.165, 1.54) is 11.0 Å². The van der Waals surface area contributed by atoms with Crippen molar-refractivity contribution in [3.63, 3.8) is 0 Å². The molecule has 2 aliphatic heterocycles. The molecule has 1 aromatic rings. The zero-order chi connectivity index (χ0) is 15.9. The smallest absolute Gasteiger partial charge is 0.260 e. The second kappa shape index (κ2) is 5.57. The number of alkyl halides is 2. The Bertz CT molecular complexity index is 591.